The lowest BCUT2D eigenvalue weighted by Crippen LogP contribution is -2.14. The van der Waals surface area contributed by atoms with Gasteiger partial charge < -0.3 is 29.2 Å². The lowest BCUT2D eigenvalue weighted by Gasteiger charge is -2.06. The number of aromatic amines is 1. The molecule has 6 aromatic rings. The lowest BCUT2D eigenvalue weighted by molar-refractivity contribution is -0.145. The van der Waals surface area contributed by atoms with Crippen molar-refractivity contribution in [1.82, 2.24) is 30.4 Å². The first kappa shape index (κ1) is 38.2. The van der Waals surface area contributed by atoms with Crippen molar-refractivity contribution in [3.8, 4) is 23.3 Å². The zero-order valence-electron chi connectivity index (χ0n) is 26.4. The fourth-order valence-corrected chi connectivity index (χ4v) is 4.97. The van der Waals surface area contributed by atoms with Crippen LogP contribution in [0.1, 0.15) is 34.8 Å². The van der Waals surface area contributed by atoms with Crippen LogP contribution < -0.4 is 9.47 Å². The molecule has 0 unspecified atom stereocenters. The summed E-state index contributed by atoms with van der Waals surface area (Å²) in [6, 6.07) is 22.3. The van der Waals surface area contributed by atoms with Gasteiger partial charge in [-0.05, 0) is 70.1 Å². The highest BCUT2D eigenvalue weighted by Crippen LogP contribution is 2.29. The average Bonchev–Trinajstić information content (AvgIpc) is 3.71. The first-order valence-electron chi connectivity index (χ1n) is 14.2. The number of alkyl halides is 1. The third-order valence-electron chi connectivity index (χ3n) is 6.26. The van der Waals surface area contributed by atoms with Crippen molar-refractivity contribution in [2.75, 3.05) is 6.07 Å². The van der Waals surface area contributed by atoms with Gasteiger partial charge in [0.25, 0.3) is 11.8 Å². The number of fused-ring (bicyclic) bond motifs is 2. The van der Waals surface area contributed by atoms with Crippen LogP contribution in [0.5, 0.6) is 23.3 Å². The number of H-pyrrole nitrogens is 1. The number of rotatable bonds is 9. The summed E-state index contributed by atoms with van der Waals surface area (Å²) in [5.41, 5.74) is -0.488. The molecule has 0 aliphatic heterocycles. The first-order chi connectivity index (χ1) is 24.3. The fourth-order valence-electron chi connectivity index (χ4n) is 4.06. The number of aromatic nitrogens is 6. The maximum absolute atomic E-state index is 11.5. The van der Waals surface area contributed by atoms with Gasteiger partial charge in [-0.2, -0.15) is 4.68 Å². The second kappa shape index (κ2) is 17.9. The predicted octanol–water partition coefficient (Wildman–Crippen LogP) is 7.16. The van der Waals surface area contributed by atoms with Crippen LogP contribution in [0.3, 0.4) is 0 Å². The number of nitrogens with one attached hydrogen (secondary N) is 1. The highest BCUT2D eigenvalue weighted by atomic mass is 79.9. The van der Waals surface area contributed by atoms with E-state index in [4.69, 9.17) is 30.9 Å². The van der Waals surface area contributed by atoms with Gasteiger partial charge in [0.2, 0.25) is 11.4 Å². The van der Waals surface area contributed by atoms with E-state index in [1.54, 1.807) is 18.2 Å². The fraction of sp³-hybridized carbons (Fsp3) is 0.125. The summed E-state index contributed by atoms with van der Waals surface area (Å²) in [6.07, 6.45) is 0. The lowest BCUT2D eigenvalue weighted by atomic mass is 10.1. The second-order valence-electron chi connectivity index (χ2n) is 9.87. The number of esters is 2. The number of hydrogen-bond donors (Lipinski definition) is 3. The van der Waals surface area contributed by atoms with Crippen molar-refractivity contribution in [1.29, 1.82) is 0 Å². The molecule has 16 nitrogen and oxygen atoms in total. The van der Waals surface area contributed by atoms with Crippen molar-refractivity contribution in [3.05, 3.63) is 93.1 Å². The molecule has 3 N–H and O–H groups in total. The van der Waals surface area contributed by atoms with Gasteiger partial charge in [0.1, 0.15) is 11.5 Å². The van der Waals surface area contributed by atoms with E-state index in [1.807, 2.05) is 54.6 Å². The first-order valence-corrected chi connectivity index (χ1v) is 16.3. The summed E-state index contributed by atoms with van der Waals surface area (Å²) in [5, 5.41) is 38.9. The molecule has 19 heteroatoms. The molecule has 0 atom stereocenters. The molecule has 2 heterocycles. The van der Waals surface area contributed by atoms with E-state index in [-0.39, 0.29) is 41.9 Å². The molecule has 0 aliphatic rings. The molecule has 2 aromatic heterocycles. The summed E-state index contributed by atoms with van der Waals surface area (Å²) in [4.78, 5) is 43.0. The monoisotopic (exact) mass is 846 g/mol. The Hall–Kier alpha value is -5.59. The minimum atomic E-state index is -1.29. The summed E-state index contributed by atoms with van der Waals surface area (Å²) >= 11 is 11.8. The number of nitrogens with zero attached hydrogens (tertiary/aromatic N) is 5. The van der Waals surface area contributed by atoms with Crippen LogP contribution in [0, 0.1) is 0 Å². The number of carboxylic acids is 2. The zero-order chi connectivity index (χ0) is 37.1. The minimum Gasteiger partial charge on any atom is -0.476 e. The van der Waals surface area contributed by atoms with Gasteiger partial charge in [-0.15, -0.1) is 0 Å². The van der Waals surface area contributed by atoms with E-state index in [1.165, 1.54) is 13.8 Å². The van der Waals surface area contributed by atoms with Crippen LogP contribution >= 0.6 is 43.5 Å². The number of carbonyl (C=O) groups is 4. The summed E-state index contributed by atoms with van der Waals surface area (Å²) in [5.74, 6) is -2.70. The third-order valence-corrected chi connectivity index (χ3v) is 7.36. The van der Waals surface area contributed by atoms with E-state index >= 15 is 0 Å². The number of carboxylic acid groups (broad SMARTS) is 2. The Kier molecular flexibility index (Phi) is 13.4. The van der Waals surface area contributed by atoms with Crippen molar-refractivity contribution >= 4 is 88.9 Å². The smallest absolute Gasteiger partial charge is 0.360 e. The van der Waals surface area contributed by atoms with Gasteiger partial charge >= 0.3 is 23.9 Å². The van der Waals surface area contributed by atoms with Gasteiger partial charge in [0.15, 0.2) is 12.8 Å². The highest BCUT2D eigenvalue weighted by molar-refractivity contribution is 9.10. The number of hydrogen-bond acceptors (Lipinski definition) is 12. The number of benzene rings is 4. The molecule has 6 rings (SSSR count). The second-order valence-corrected chi connectivity index (χ2v) is 11.9. The third kappa shape index (κ3) is 10.9. The Labute approximate surface area is 309 Å². The van der Waals surface area contributed by atoms with Crippen LogP contribution in [-0.4, -0.2) is 70.6 Å². The van der Waals surface area contributed by atoms with E-state index in [0.717, 1.165) is 35.2 Å². The summed E-state index contributed by atoms with van der Waals surface area (Å²) in [7, 11) is 0. The number of carbonyl (C=O) groups excluding carboxylic acids is 2. The number of halogens is 3. The topological polar surface area (TPSA) is 218 Å². The Morgan fingerprint density at radius 2 is 1.24 bits per heavy atom. The molecule has 0 aliphatic carbocycles. The van der Waals surface area contributed by atoms with Gasteiger partial charge in [-0.3, -0.25) is 9.59 Å². The normalized spacial score (nSPS) is 10.3. The van der Waals surface area contributed by atoms with E-state index in [9.17, 15) is 24.3 Å². The maximum atomic E-state index is 11.5. The van der Waals surface area contributed by atoms with E-state index in [0.29, 0.717) is 11.5 Å². The van der Waals surface area contributed by atoms with Crippen LogP contribution in [0.2, 0.25) is 0 Å². The van der Waals surface area contributed by atoms with Gasteiger partial charge in [-0.1, -0.05) is 88.4 Å². The molecule has 0 radical (unpaired) electrons. The van der Waals surface area contributed by atoms with Crippen LogP contribution in [0.15, 0.2) is 81.7 Å². The molecular weight excluding hydrogens is 824 g/mol. The van der Waals surface area contributed by atoms with Crippen molar-refractivity contribution in [2.45, 2.75) is 20.6 Å². The van der Waals surface area contributed by atoms with E-state index < -0.39 is 17.9 Å². The molecule has 51 heavy (non-hydrogen) atoms. The summed E-state index contributed by atoms with van der Waals surface area (Å²) in [6.45, 7) is 2.16. The van der Waals surface area contributed by atoms with Gasteiger partial charge in [0, 0.05) is 22.8 Å². The van der Waals surface area contributed by atoms with Crippen molar-refractivity contribution in [2.24, 2.45) is 0 Å². The quantitative estimate of drug-likeness (QED) is 0.0972. The van der Waals surface area contributed by atoms with Crippen LogP contribution in [0.4, 0.5) is 0 Å². The Morgan fingerprint density at radius 1 is 0.725 bits per heavy atom. The van der Waals surface area contributed by atoms with Gasteiger partial charge in [-0.25, -0.2) is 14.7 Å². The van der Waals surface area contributed by atoms with Crippen molar-refractivity contribution in [3.63, 3.8) is 0 Å². The maximum Gasteiger partial charge on any atom is 0.360 e. The largest absolute Gasteiger partial charge is 0.476 e. The average molecular weight is 849 g/mol. The molecule has 0 amide bonds. The highest BCUT2D eigenvalue weighted by Gasteiger charge is 2.23. The number of ether oxygens (including phenoxy) is 4. The minimum absolute atomic E-state index is 0.0463. The molecular formula is C32H25Br2ClN6O10. The van der Waals surface area contributed by atoms with E-state index in [2.05, 4.69) is 62.3 Å². The SMILES string of the molecule is CC(=O)OCCl.CC(=O)OCn1nnc(Oc2ccc3cc(Br)ccc3c2)c1C(=O)O.O=C(O)c1[nH]nnc1Oc1ccc2cc(Br)ccc2c1. The molecule has 0 saturated carbocycles. The van der Waals surface area contributed by atoms with Crippen molar-refractivity contribution < 1.29 is 48.3 Å². The zero-order valence-corrected chi connectivity index (χ0v) is 30.3. The molecule has 0 bridgehead atoms. The summed E-state index contributed by atoms with van der Waals surface area (Å²) < 4.78 is 22.8. The predicted molar refractivity (Wildman–Crippen MR) is 188 cm³/mol. The Bertz CT molecular complexity index is 2210. The van der Waals surface area contributed by atoms with Gasteiger partial charge in [0.05, 0.1) is 0 Å². The van der Waals surface area contributed by atoms with Crippen LogP contribution in [0.25, 0.3) is 21.5 Å². The molecule has 4 aromatic carbocycles. The molecule has 0 spiro atoms. The Balaban J connectivity index is 0.000000201. The molecule has 0 saturated heterocycles. The molecule has 264 valence electrons. The Morgan fingerprint density at radius 3 is 1.71 bits per heavy atom. The van der Waals surface area contributed by atoms with Crippen LogP contribution in [-0.2, 0) is 25.8 Å². The molecule has 0 fully saturated rings. The standard InChI is InChI=1S/C16H12BrN3O5.C13H8BrN3O3.C3H5ClO2/c1-9(21)24-8-20-14(16(22)23)15(18-19-20)25-13-5-3-10-6-12(17)4-2-11(10)7-13;14-9-3-1-8-6-10(4-2-7(8)5-9)20-12-11(13(18)19)15-17-16-12;1-3(5)6-2-4/h2-7H,8H2,1H3,(H,22,23);1-6H,(H,18,19)(H,15,16,17);2H2,1H3. The number of aromatic carboxylic acids is 2.